The summed E-state index contributed by atoms with van der Waals surface area (Å²) in [6, 6.07) is 3.91. The second kappa shape index (κ2) is 5.37. The van der Waals surface area contributed by atoms with Crippen molar-refractivity contribution in [3.63, 3.8) is 0 Å². The molecule has 0 aromatic carbocycles. The Balaban J connectivity index is 1.96. The Labute approximate surface area is 110 Å². The fourth-order valence-electron chi connectivity index (χ4n) is 2.14. The van der Waals surface area contributed by atoms with Crippen molar-refractivity contribution in [2.24, 2.45) is 5.92 Å². The van der Waals surface area contributed by atoms with Crippen LogP contribution in [0.3, 0.4) is 0 Å². The van der Waals surface area contributed by atoms with Gasteiger partial charge in [-0.25, -0.2) is 4.98 Å². The van der Waals surface area contributed by atoms with Crippen LogP contribution < -0.4 is 4.90 Å². The number of halogens is 2. The van der Waals surface area contributed by atoms with Crippen LogP contribution in [0, 0.1) is 5.92 Å². The van der Waals surface area contributed by atoms with E-state index in [-0.39, 0.29) is 0 Å². The second-order valence-electron chi connectivity index (χ2n) is 4.34. The molecule has 1 aromatic rings. The predicted molar refractivity (Wildman–Crippen MR) is 72.6 cm³/mol. The molecule has 2 rings (SSSR count). The summed E-state index contributed by atoms with van der Waals surface area (Å²) in [6.07, 6.45) is 4.18. The molecule has 2 heterocycles. The first-order valence-electron chi connectivity index (χ1n) is 5.67. The van der Waals surface area contributed by atoms with Crippen LogP contribution in [0.4, 0.5) is 5.82 Å². The van der Waals surface area contributed by atoms with Gasteiger partial charge in [0, 0.05) is 24.1 Å². The van der Waals surface area contributed by atoms with Crippen molar-refractivity contribution in [1.29, 1.82) is 0 Å². The zero-order valence-corrected chi connectivity index (χ0v) is 11.7. The first-order valence-corrected chi connectivity index (χ1v) is 6.97. The summed E-state index contributed by atoms with van der Waals surface area (Å²) in [7, 11) is 0. The maximum atomic E-state index is 5.83. The maximum Gasteiger partial charge on any atom is 0.128 e. The van der Waals surface area contributed by atoms with E-state index >= 15 is 0 Å². The van der Waals surface area contributed by atoms with Crippen LogP contribution in [-0.4, -0.2) is 22.9 Å². The average molecular weight is 304 g/mol. The van der Waals surface area contributed by atoms with Crippen LogP contribution in [0.2, 0.25) is 5.02 Å². The third-order valence-corrected chi connectivity index (χ3v) is 4.20. The van der Waals surface area contributed by atoms with E-state index in [4.69, 9.17) is 11.6 Å². The minimum atomic E-state index is 0.618. The van der Waals surface area contributed by atoms with E-state index in [0.29, 0.717) is 9.85 Å². The van der Waals surface area contributed by atoms with Gasteiger partial charge in [0.05, 0.1) is 5.02 Å². The molecule has 16 heavy (non-hydrogen) atoms. The molecule has 0 bridgehead atoms. The molecule has 1 aliphatic rings. The van der Waals surface area contributed by atoms with Crippen molar-refractivity contribution in [3.05, 3.63) is 23.4 Å². The molecule has 2 nitrogen and oxygen atoms in total. The normalized spacial score (nSPS) is 19.8. The van der Waals surface area contributed by atoms with Crippen LogP contribution in [-0.2, 0) is 0 Å². The summed E-state index contributed by atoms with van der Waals surface area (Å²) in [5.41, 5.74) is 0. The highest BCUT2D eigenvalue weighted by Crippen LogP contribution is 2.27. The molecule has 0 saturated carbocycles. The summed E-state index contributed by atoms with van der Waals surface area (Å²) >= 11 is 9.50. The monoisotopic (exact) mass is 302 g/mol. The van der Waals surface area contributed by atoms with Gasteiger partial charge in [-0.2, -0.15) is 0 Å². The zero-order chi connectivity index (χ0) is 11.5. The Morgan fingerprint density at radius 3 is 2.62 bits per heavy atom. The van der Waals surface area contributed by atoms with Gasteiger partial charge in [-0.3, -0.25) is 0 Å². The van der Waals surface area contributed by atoms with Crippen LogP contribution in [0.5, 0.6) is 0 Å². The molecule has 0 amide bonds. The third-order valence-electron chi connectivity index (χ3n) is 3.22. The van der Waals surface area contributed by atoms with E-state index in [2.05, 4.69) is 32.7 Å². The summed E-state index contributed by atoms with van der Waals surface area (Å²) in [5, 5.41) is 0.702. The SMILES string of the molecule is CC(Br)C1CCN(c2ccc(Cl)cn2)CC1. The summed E-state index contributed by atoms with van der Waals surface area (Å²) < 4.78 is 0. The molecule has 0 aliphatic carbocycles. The number of nitrogens with zero attached hydrogens (tertiary/aromatic N) is 2. The molecule has 1 atom stereocenters. The first kappa shape index (κ1) is 12.2. The molecule has 1 aromatic heterocycles. The van der Waals surface area contributed by atoms with Crippen LogP contribution in [0.25, 0.3) is 0 Å². The highest BCUT2D eigenvalue weighted by atomic mass is 79.9. The van der Waals surface area contributed by atoms with Crippen molar-refractivity contribution < 1.29 is 0 Å². The second-order valence-corrected chi connectivity index (χ2v) is 6.22. The Morgan fingerprint density at radius 1 is 1.44 bits per heavy atom. The van der Waals surface area contributed by atoms with Gasteiger partial charge in [-0.1, -0.05) is 34.5 Å². The molecule has 1 fully saturated rings. The minimum Gasteiger partial charge on any atom is -0.357 e. The van der Waals surface area contributed by atoms with Gasteiger partial charge >= 0.3 is 0 Å². The molecular weight excluding hydrogens is 288 g/mol. The standard InChI is InChI=1S/C12H16BrClN2/c1-9(13)10-4-6-16(7-5-10)12-3-2-11(14)8-15-12/h2-3,8-10H,4-7H2,1H3. The lowest BCUT2D eigenvalue weighted by Crippen LogP contribution is -2.36. The van der Waals surface area contributed by atoms with E-state index < -0.39 is 0 Å². The Morgan fingerprint density at radius 2 is 2.12 bits per heavy atom. The van der Waals surface area contributed by atoms with Gasteiger partial charge in [0.15, 0.2) is 0 Å². The molecule has 0 spiro atoms. The lowest BCUT2D eigenvalue weighted by Gasteiger charge is -2.34. The molecule has 1 unspecified atom stereocenters. The molecule has 0 N–H and O–H groups in total. The number of anilines is 1. The van der Waals surface area contributed by atoms with E-state index in [9.17, 15) is 0 Å². The molecule has 4 heteroatoms. The predicted octanol–water partition coefficient (Wildman–Crippen LogP) is 3.73. The van der Waals surface area contributed by atoms with Crippen molar-refractivity contribution in [2.75, 3.05) is 18.0 Å². The Hall–Kier alpha value is -0.280. The number of aromatic nitrogens is 1. The topological polar surface area (TPSA) is 16.1 Å². The van der Waals surface area contributed by atoms with Gasteiger partial charge < -0.3 is 4.90 Å². The summed E-state index contributed by atoms with van der Waals surface area (Å²) in [6.45, 7) is 4.42. The van der Waals surface area contributed by atoms with Gasteiger partial charge in [0.2, 0.25) is 0 Å². The number of alkyl halides is 1. The number of hydrogen-bond donors (Lipinski definition) is 0. The number of pyridine rings is 1. The Bertz CT molecular complexity index is 331. The first-order chi connectivity index (χ1) is 7.66. The minimum absolute atomic E-state index is 0.618. The highest BCUT2D eigenvalue weighted by molar-refractivity contribution is 9.09. The van der Waals surface area contributed by atoms with Gasteiger partial charge in [0.1, 0.15) is 5.82 Å². The number of rotatable bonds is 2. The zero-order valence-electron chi connectivity index (χ0n) is 9.37. The van der Waals surface area contributed by atoms with E-state index in [1.54, 1.807) is 6.20 Å². The van der Waals surface area contributed by atoms with E-state index in [1.165, 1.54) is 12.8 Å². The Kier molecular flexibility index (Phi) is 4.09. The molecule has 88 valence electrons. The largest absolute Gasteiger partial charge is 0.357 e. The van der Waals surface area contributed by atoms with E-state index in [1.807, 2.05) is 12.1 Å². The average Bonchev–Trinajstić information content (AvgIpc) is 2.30. The molecule has 1 saturated heterocycles. The van der Waals surface area contributed by atoms with Crippen LogP contribution in [0.15, 0.2) is 18.3 Å². The fourth-order valence-corrected chi connectivity index (χ4v) is 2.78. The molecule has 0 radical (unpaired) electrons. The maximum absolute atomic E-state index is 5.83. The van der Waals surface area contributed by atoms with Crippen LogP contribution >= 0.6 is 27.5 Å². The highest BCUT2D eigenvalue weighted by Gasteiger charge is 2.22. The van der Waals surface area contributed by atoms with Crippen molar-refractivity contribution in [2.45, 2.75) is 24.6 Å². The van der Waals surface area contributed by atoms with Crippen LogP contribution in [0.1, 0.15) is 19.8 Å². The summed E-state index contributed by atoms with van der Waals surface area (Å²) in [4.78, 5) is 7.31. The molecule has 1 aliphatic heterocycles. The van der Waals surface area contributed by atoms with Gasteiger partial charge in [-0.05, 0) is 30.9 Å². The number of piperidine rings is 1. The van der Waals surface area contributed by atoms with Crippen molar-refractivity contribution in [3.8, 4) is 0 Å². The van der Waals surface area contributed by atoms with Crippen molar-refractivity contribution in [1.82, 2.24) is 4.98 Å². The quantitative estimate of drug-likeness (QED) is 0.774. The fraction of sp³-hybridized carbons (Fsp3) is 0.583. The van der Waals surface area contributed by atoms with E-state index in [0.717, 1.165) is 24.8 Å². The number of hydrogen-bond acceptors (Lipinski definition) is 2. The molecular formula is C12H16BrClN2. The lowest BCUT2D eigenvalue weighted by molar-refractivity contribution is 0.405. The van der Waals surface area contributed by atoms with Gasteiger partial charge in [0.25, 0.3) is 0 Å². The van der Waals surface area contributed by atoms with Crippen molar-refractivity contribution >= 4 is 33.3 Å². The third kappa shape index (κ3) is 2.89. The lowest BCUT2D eigenvalue weighted by atomic mass is 9.94. The smallest absolute Gasteiger partial charge is 0.128 e. The van der Waals surface area contributed by atoms with Gasteiger partial charge in [-0.15, -0.1) is 0 Å². The summed E-state index contributed by atoms with van der Waals surface area (Å²) in [5.74, 6) is 1.84.